The molecule has 67 heavy (non-hydrogen) atoms. The molecule has 380 valence electrons. The van der Waals surface area contributed by atoms with Gasteiger partial charge in [0.1, 0.15) is 54.9 Å². The highest BCUT2D eigenvalue weighted by Crippen LogP contribution is 2.26. The van der Waals surface area contributed by atoms with Gasteiger partial charge in [-0.1, -0.05) is 136 Å². The first-order valence-electron chi connectivity index (χ1n) is 24.5. The van der Waals surface area contributed by atoms with E-state index < -0.39 is 86.7 Å². The molecule has 0 radical (unpaired) electrons. The highest BCUT2D eigenvalue weighted by atomic mass is 16.7. The molecular weight excluding hydrogens is 861 g/mol. The van der Waals surface area contributed by atoms with E-state index in [1.54, 1.807) is 0 Å². The van der Waals surface area contributed by atoms with Gasteiger partial charge in [0.15, 0.2) is 12.6 Å². The van der Waals surface area contributed by atoms with Crippen molar-refractivity contribution in [1.82, 2.24) is 0 Å². The number of aliphatic hydroxyl groups is 7. The van der Waals surface area contributed by atoms with Crippen molar-refractivity contribution in [2.45, 2.75) is 184 Å². The Hall–Kier alpha value is -3.35. The number of carbonyl (C=O) groups is 1. The molecule has 2 heterocycles. The van der Waals surface area contributed by atoms with Crippen LogP contribution in [0.3, 0.4) is 0 Å². The average Bonchev–Trinajstić information content (AvgIpc) is 3.32. The van der Waals surface area contributed by atoms with Crippen molar-refractivity contribution >= 4 is 5.97 Å². The number of esters is 1. The summed E-state index contributed by atoms with van der Waals surface area (Å²) in [5, 5.41) is 72.0. The first kappa shape index (κ1) is 59.8. The maximum Gasteiger partial charge on any atom is 0.306 e. The van der Waals surface area contributed by atoms with Crippen molar-refractivity contribution in [3.05, 3.63) is 109 Å². The van der Waals surface area contributed by atoms with E-state index in [0.717, 1.165) is 89.9 Å². The number of rotatable bonds is 36. The van der Waals surface area contributed by atoms with Crippen LogP contribution in [-0.2, 0) is 33.2 Å². The largest absolute Gasteiger partial charge is 0.457 e. The predicted molar refractivity (Wildman–Crippen MR) is 261 cm³/mol. The van der Waals surface area contributed by atoms with E-state index in [1.807, 2.05) is 12.2 Å². The fraction of sp³-hybridized carbons (Fsp3) is 0.642. The zero-order valence-electron chi connectivity index (χ0n) is 40.1. The van der Waals surface area contributed by atoms with E-state index >= 15 is 0 Å². The number of unbranched alkanes of at least 4 members (excludes halogenated alkanes) is 4. The summed E-state index contributed by atoms with van der Waals surface area (Å²) in [6.07, 6.45) is 36.0. The molecule has 0 aliphatic carbocycles. The molecule has 2 rings (SSSR count). The Morgan fingerprint density at radius 3 is 1.43 bits per heavy atom. The minimum Gasteiger partial charge on any atom is -0.457 e. The van der Waals surface area contributed by atoms with E-state index in [4.69, 9.17) is 28.4 Å². The van der Waals surface area contributed by atoms with Crippen LogP contribution in [-0.4, -0.2) is 142 Å². The van der Waals surface area contributed by atoms with Gasteiger partial charge < -0.3 is 64.2 Å². The van der Waals surface area contributed by atoms with Crippen LogP contribution in [0.1, 0.15) is 117 Å². The standard InChI is InChI=1S/C53H84O14/c1-3-5-7-9-11-13-15-17-18-19-20-21-22-23-25-27-29-31-33-35-37-62-39-42(65-45(55)36-34-32-30-28-26-24-16-14-12-10-8-6-4-2)40-63-52-51(61)49(59)47(57)44(67-52)41-64-53-50(60)48(58)46(56)43(38-54)66-53/h5-8,11-14,17-18,20-21,23-26,30,32,42-44,46-54,56-61H,3-4,9-10,15-16,19,22,27-29,31,33-41H2,1-2H3/b7-5-,8-6-,13-11-,14-12-,18-17-,21-20-,25-23-,26-24-,32-30-. The summed E-state index contributed by atoms with van der Waals surface area (Å²) in [6, 6.07) is 0. The summed E-state index contributed by atoms with van der Waals surface area (Å²) in [5.41, 5.74) is 0. The first-order valence-corrected chi connectivity index (χ1v) is 24.5. The van der Waals surface area contributed by atoms with E-state index in [0.29, 0.717) is 13.0 Å². The zero-order chi connectivity index (χ0) is 48.7. The molecule has 14 heteroatoms. The van der Waals surface area contributed by atoms with Gasteiger partial charge in [0.25, 0.3) is 0 Å². The molecule has 2 saturated heterocycles. The van der Waals surface area contributed by atoms with Crippen molar-refractivity contribution in [3.8, 4) is 0 Å². The Morgan fingerprint density at radius 2 is 0.925 bits per heavy atom. The topological polar surface area (TPSA) is 214 Å². The van der Waals surface area contributed by atoms with Gasteiger partial charge in [0.05, 0.1) is 26.4 Å². The summed E-state index contributed by atoms with van der Waals surface area (Å²) in [4.78, 5) is 12.9. The van der Waals surface area contributed by atoms with Crippen LogP contribution in [0.5, 0.6) is 0 Å². The molecule has 2 aliphatic heterocycles. The molecule has 2 fully saturated rings. The number of ether oxygens (including phenoxy) is 6. The second kappa shape index (κ2) is 39.5. The maximum absolute atomic E-state index is 12.9. The number of allylic oxidation sites excluding steroid dienone is 18. The molecule has 0 saturated carbocycles. The van der Waals surface area contributed by atoms with Crippen molar-refractivity contribution in [2.24, 2.45) is 0 Å². The van der Waals surface area contributed by atoms with E-state index in [2.05, 4.69) is 111 Å². The Kier molecular flexibility index (Phi) is 35.2. The molecule has 11 unspecified atom stereocenters. The lowest BCUT2D eigenvalue weighted by Crippen LogP contribution is -2.61. The summed E-state index contributed by atoms with van der Waals surface area (Å²) in [5.74, 6) is -0.471. The number of carbonyl (C=O) groups excluding carboxylic acids is 1. The molecule has 0 amide bonds. The Bertz CT molecular complexity index is 1520. The van der Waals surface area contributed by atoms with Crippen molar-refractivity contribution in [2.75, 3.05) is 33.0 Å². The molecule has 7 N–H and O–H groups in total. The summed E-state index contributed by atoms with van der Waals surface area (Å²) in [7, 11) is 0. The van der Waals surface area contributed by atoms with Crippen LogP contribution in [0.25, 0.3) is 0 Å². The van der Waals surface area contributed by atoms with Crippen LogP contribution in [0.4, 0.5) is 0 Å². The zero-order valence-corrected chi connectivity index (χ0v) is 40.1. The number of aliphatic hydroxyl groups excluding tert-OH is 7. The average molecular weight is 945 g/mol. The van der Waals surface area contributed by atoms with Gasteiger partial charge in [0.2, 0.25) is 0 Å². The number of hydrogen-bond acceptors (Lipinski definition) is 14. The summed E-state index contributed by atoms with van der Waals surface area (Å²) < 4.78 is 34.1. The van der Waals surface area contributed by atoms with Crippen LogP contribution < -0.4 is 0 Å². The van der Waals surface area contributed by atoms with Gasteiger partial charge in [0, 0.05) is 13.0 Å². The van der Waals surface area contributed by atoms with Crippen molar-refractivity contribution < 1.29 is 69.0 Å². The molecule has 0 aromatic heterocycles. The SMILES string of the molecule is CC/C=C\C/C=C\C/C=C\C/C=C\C/C=C\CCCCCCOCC(COC1OC(COC2OC(CO)C(O)C(O)C2O)C(O)C(O)C1O)OC(=O)CC/C=C\C/C=C\C/C=C\C/C=C\CC. The molecule has 0 aromatic carbocycles. The summed E-state index contributed by atoms with van der Waals surface area (Å²) >= 11 is 0. The van der Waals surface area contributed by atoms with Gasteiger partial charge >= 0.3 is 5.97 Å². The van der Waals surface area contributed by atoms with Crippen LogP contribution in [0, 0.1) is 0 Å². The Labute approximate surface area is 400 Å². The van der Waals surface area contributed by atoms with Crippen LogP contribution in [0.2, 0.25) is 0 Å². The molecule has 2 aliphatic rings. The molecule has 0 aromatic rings. The second-order valence-corrected chi connectivity index (χ2v) is 16.5. The minimum atomic E-state index is -1.73. The van der Waals surface area contributed by atoms with E-state index in [9.17, 15) is 40.5 Å². The van der Waals surface area contributed by atoms with Crippen molar-refractivity contribution in [3.63, 3.8) is 0 Å². The van der Waals surface area contributed by atoms with Crippen molar-refractivity contribution in [1.29, 1.82) is 0 Å². The molecule has 0 spiro atoms. The highest BCUT2D eigenvalue weighted by molar-refractivity contribution is 5.69. The first-order chi connectivity index (χ1) is 32.6. The molecule has 14 nitrogen and oxygen atoms in total. The smallest absolute Gasteiger partial charge is 0.306 e. The highest BCUT2D eigenvalue weighted by Gasteiger charge is 2.47. The van der Waals surface area contributed by atoms with E-state index in [1.165, 1.54) is 0 Å². The van der Waals surface area contributed by atoms with E-state index in [-0.39, 0.29) is 19.6 Å². The maximum atomic E-state index is 12.9. The molecular formula is C53H84O14. The van der Waals surface area contributed by atoms with Gasteiger partial charge in [-0.15, -0.1) is 0 Å². The lowest BCUT2D eigenvalue weighted by molar-refractivity contribution is -0.332. The Morgan fingerprint density at radius 1 is 0.493 bits per heavy atom. The van der Waals surface area contributed by atoms with Crippen LogP contribution in [0.15, 0.2) is 109 Å². The number of hydrogen-bond donors (Lipinski definition) is 7. The predicted octanol–water partition coefficient (Wildman–Crippen LogP) is 6.84. The minimum absolute atomic E-state index is 0.00733. The lowest BCUT2D eigenvalue weighted by Gasteiger charge is -2.42. The summed E-state index contributed by atoms with van der Waals surface area (Å²) in [6.45, 7) is 3.25. The third-order valence-corrected chi connectivity index (χ3v) is 10.8. The monoisotopic (exact) mass is 945 g/mol. The van der Waals surface area contributed by atoms with Gasteiger partial charge in [-0.25, -0.2) is 0 Å². The molecule has 11 atom stereocenters. The second-order valence-electron chi connectivity index (χ2n) is 16.5. The third kappa shape index (κ3) is 27.4. The van der Waals surface area contributed by atoms with Gasteiger partial charge in [-0.2, -0.15) is 0 Å². The van der Waals surface area contributed by atoms with Crippen LogP contribution >= 0.6 is 0 Å². The normalized spacial score (nSPS) is 27.1. The lowest BCUT2D eigenvalue weighted by atomic mass is 9.98. The van der Waals surface area contributed by atoms with Gasteiger partial charge in [-0.05, 0) is 83.5 Å². The fourth-order valence-corrected chi connectivity index (χ4v) is 6.85. The molecule has 0 bridgehead atoms. The third-order valence-electron chi connectivity index (χ3n) is 10.8. The van der Waals surface area contributed by atoms with Gasteiger partial charge in [-0.3, -0.25) is 4.79 Å². The quantitative estimate of drug-likeness (QED) is 0.0195. The fourth-order valence-electron chi connectivity index (χ4n) is 6.85. The Balaban J connectivity index is 1.82.